The fourth-order valence-corrected chi connectivity index (χ4v) is 2.93. The van der Waals surface area contributed by atoms with Gasteiger partial charge in [-0.1, -0.05) is 24.3 Å². The first-order chi connectivity index (χ1) is 13.6. The molecule has 28 heavy (non-hydrogen) atoms. The third kappa shape index (κ3) is 3.71. The Hall–Kier alpha value is -3.67. The van der Waals surface area contributed by atoms with Crippen molar-refractivity contribution in [2.24, 2.45) is 0 Å². The lowest BCUT2D eigenvalue weighted by Gasteiger charge is -2.05. The third-order valence-corrected chi connectivity index (χ3v) is 4.29. The van der Waals surface area contributed by atoms with E-state index in [1.54, 1.807) is 37.4 Å². The van der Waals surface area contributed by atoms with Crippen molar-refractivity contribution in [3.05, 3.63) is 78.1 Å². The number of ether oxygens (including phenoxy) is 1. The number of fused-ring (bicyclic) bond motifs is 1. The minimum atomic E-state index is -0.328. The van der Waals surface area contributed by atoms with Crippen LogP contribution in [0.4, 0.5) is 10.1 Å². The normalized spacial score (nSPS) is 10.8. The molecule has 0 unspecified atom stereocenters. The second kappa shape index (κ2) is 7.52. The van der Waals surface area contributed by atoms with Crippen molar-refractivity contribution < 1.29 is 18.3 Å². The van der Waals surface area contributed by atoms with E-state index in [1.165, 1.54) is 12.1 Å². The molecule has 1 N–H and O–H groups in total. The summed E-state index contributed by atoms with van der Waals surface area (Å²) >= 11 is 0. The molecule has 4 aromatic rings. The summed E-state index contributed by atoms with van der Waals surface area (Å²) < 4.78 is 24.2. The summed E-state index contributed by atoms with van der Waals surface area (Å²) in [5.74, 6) is 0.588. The van der Waals surface area contributed by atoms with Crippen LogP contribution in [-0.2, 0) is 11.2 Å². The lowest BCUT2D eigenvalue weighted by Crippen LogP contribution is -2.14. The number of carbonyl (C=O) groups excluding carboxylic acids is 1. The maximum atomic E-state index is 13.0. The molecule has 0 saturated heterocycles. The first-order valence-electron chi connectivity index (χ1n) is 8.70. The van der Waals surface area contributed by atoms with E-state index in [2.05, 4.69) is 10.3 Å². The van der Waals surface area contributed by atoms with Crippen molar-refractivity contribution in [1.82, 2.24) is 4.98 Å². The Labute approximate surface area is 160 Å². The van der Waals surface area contributed by atoms with Gasteiger partial charge in [0.05, 0.1) is 19.1 Å². The minimum Gasteiger partial charge on any atom is -0.496 e. The van der Waals surface area contributed by atoms with Crippen LogP contribution in [0, 0.1) is 5.82 Å². The predicted octanol–water partition coefficient (Wildman–Crippen LogP) is 4.82. The molecule has 5 nitrogen and oxygen atoms in total. The van der Waals surface area contributed by atoms with Crippen LogP contribution in [0.1, 0.15) is 5.56 Å². The lowest BCUT2D eigenvalue weighted by atomic mass is 10.1. The van der Waals surface area contributed by atoms with Gasteiger partial charge >= 0.3 is 0 Å². The summed E-state index contributed by atoms with van der Waals surface area (Å²) in [6.45, 7) is 0. The fraction of sp³-hybridized carbons (Fsp3) is 0.0909. The number of rotatable bonds is 5. The van der Waals surface area contributed by atoms with Gasteiger partial charge in [0.1, 0.15) is 17.1 Å². The number of nitrogens with one attached hydrogen (secondary N) is 1. The molecule has 0 radical (unpaired) electrons. The van der Waals surface area contributed by atoms with Crippen LogP contribution in [-0.4, -0.2) is 18.0 Å². The molecule has 1 aromatic heterocycles. The Morgan fingerprint density at radius 3 is 2.68 bits per heavy atom. The molecular weight excluding hydrogens is 359 g/mol. The van der Waals surface area contributed by atoms with Gasteiger partial charge in [-0.2, -0.15) is 0 Å². The number of nitrogens with zero attached hydrogens (tertiary/aromatic N) is 1. The van der Waals surface area contributed by atoms with Crippen LogP contribution >= 0.6 is 0 Å². The van der Waals surface area contributed by atoms with Gasteiger partial charge in [-0.3, -0.25) is 4.79 Å². The van der Waals surface area contributed by atoms with Crippen LogP contribution in [0.5, 0.6) is 5.75 Å². The quantitative estimate of drug-likeness (QED) is 0.542. The highest BCUT2D eigenvalue weighted by atomic mass is 19.1. The number of aromatic nitrogens is 1. The lowest BCUT2D eigenvalue weighted by molar-refractivity contribution is -0.115. The number of hydrogen-bond acceptors (Lipinski definition) is 4. The van der Waals surface area contributed by atoms with Crippen LogP contribution in [0.2, 0.25) is 0 Å². The molecule has 4 rings (SSSR count). The van der Waals surface area contributed by atoms with Crippen molar-refractivity contribution in [3.8, 4) is 17.2 Å². The number of para-hydroxylation sites is 1. The molecule has 0 saturated carbocycles. The van der Waals surface area contributed by atoms with Crippen molar-refractivity contribution >= 4 is 22.7 Å². The maximum Gasteiger partial charge on any atom is 0.231 e. The molecule has 1 amide bonds. The van der Waals surface area contributed by atoms with Crippen molar-refractivity contribution in [1.29, 1.82) is 0 Å². The molecule has 3 aromatic carbocycles. The van der Waals surface area contributed by atoms with Gasteiger partial charge in [0.25, 0.3) is 0 Å². The number of carbonyl (C=O) groups is 1. The molecule has 0 atom stereocenters. The largest absolute Gasteiger partial charge is 0.496 e. The predicted molar refractivity (Wildman–Crippen MR) is 105 cm³/mol. The Balaban J connectivity index is 1.54. The van der Waals surface area contributed by atoms with E-state index in [0.29, 0.717) is 28.4 Å². The molecule has 0 aliphatic rings. The number of oxazole rings is 1. The van der Waals surface area contributed by atoms with E-state index in [1.807, 2.05) is 24.3 Å². The standard InChI is InChI=1S/C22H17FN2O3/c1-27-19-5-3-2-4-17(19)22-25-18-11-10-16(13-20(18)28-22)24-21(26)12-14-6-8-15(23)9-7-14/h2-11,13H,12H2,1H3,(H,24,26). The van der Waals surface area contributed by atoms with Crippen molar-refractivity contribution in [2.45, 2.75) is 6.42 Å². The number of methoxy groups -OCH3 is 1. The Kier molecular flexibility index (Phi) is 4.76. The second-order valence-electron chi connectivity index (χ2n) is 6.25. The first kappa shape index (κ1) is 17.7. The molecule has 0 fully saturated rings. The molecule has 140 valence electrons. The number of benzene rings is 3. The first-order valence-corrected chi connectivity index (χ1v) is 8.70. The van der Waals surface area contributed by atoms with Crippen LogP contribution in [0.25, 0.3) is 22.6 Å². The van der Waals surface area contributed by atoms with Gasteiger partial charge < -0.3 is 14.5 Å². The number of anilines is 1. The second-order valence-corrected chi connectivity index (χ2v) is 6.25. The number of hydrogen-bond donors (Lipinski definition) is 1. The zero-order chi connectivity index (χ0) is 19.5. The summed E-state index contributed by atoms with van der Waals surface area (Å²) in [5, 5.41) is 2.82. The molecule has 0 aliphatic carbocycles. The Morgan fingerprint density at radius 1 is 1.11 bits per heavy atom. The third-order valence-electron chi connectivity index (χ3n) is 4.29. The van der Waals surface area contributed by atoms with Crippen LogP contribution in [0.3, 0.4) is 0 Å². The Bertz CT molecular complexity index is 1140. The van der Waals surface area contributed by atoms with Gasteiger partial charge in [-0.05, 0) is 42.0 Å². The summed E-state index contributed by atoms with van der Waals surface area (Å²) in [7, 11) is 1.59. The molecule has 0 spiro atoms. The van der Waals surface area contributed by atoms with E-state index in [-0.39, 0.29) is 18.1 Å². The number of halogens is 1. The topological polar surface area (TPSA) is 64.4 Å². The van der Waals surface area contributed by atoms with Gasteiger partial charge in [-0.15, -0.1) is 0 Å². The summed E-state index contributed by atoms with van der Waals surface area (Å²) in [4.78, 5) is 16.7. The van der Waals surface area contributed by atoms with Crippen molar-refractivity contribution in [2.75, 3.05) is 12.4 Å². The van der Waals surface area contributed by atoms with Crippen LogP contribution in [0.15, 0.2) is 71.1 Å². The summed E-state index contributed by atoms with van der Waals surface area (Å²) in [6, 6.07) is 18.6. The Morgan fingerprint density at radius 2 is 1.89 bits per heavy atom. The average Bonchev–Trinajstić information content (AvgIpc) is 3.13. The zero-order valence-corrected chi connectivity index (χ0v) is 15.1. The SMILES string of the molecule is COc1ccccc1-c1nc2ccc(NC(=O)Cc3ccc(F)cc3)cc2o1. The minimum absolute atomic E-state index is 0.154. The molecular formula is C22H17FN2O3. The smallest absolute Gasteiger partial charge is 0.231 e. The fourth-order valence-electron chi connectivity index (χ4n) is 2.93. The van der Waals surface area contributed by atoms with Gasteiger partial charge in [0.15, 0.2) is 5.58 Å². The monoisotopic (exact) mass is 376 g/mol. The van der Waals surface area contributed by atoms with Gasteiger partial charge in [0, 0.05) is 11.8 Å². The highest BCUT2D eigenvalue weighted by Crippen LogP contribution is 2.32. The van der Waals surface area contributed by atoms with E-state index in [0.717, 1.165) is 11.1 Å². The van der Waals surface area contributed by atoms with E-state index < -0.39 is 0 Å². The van der Waals surface area contributed by atoms with E-state index in [4.69, 9.17) is 9.15 Å². The summed E-state index contributed by atoms with van der Waals surface area (Å²) in [5.41, 5.74) is 3.32. The van der Waals surface area contributed by atoms with Gasteiger partial charge in [0.2, 0.25) is 11.8 Å². The molecule has 0 bridgehead atoms. The van der Waals surface area contributed by atoms with E-state index in [9.17, 15) is 9.18 Å². The van der Waals surface area contributed by atoms with Crippen molar-refractivity contribution in [3.63, 3.8) is 0 Å². The highest BCUT2D eigenvalue weighted by molar-refractivity contribution is 5.94. The summed E-state index contributed by atoms with van der Waals surface area (Å²) in [6.07, 6.45) is 0.154. The van der Waals surface area contributed by atoms with Crippen LogP contribution < -0.4 is 10.1 Å². The molecule has 0 aliphatic heterocycles. The number of amides is 1. The average molecular weight is 376 g/mol. The maximum absolute atomic E-state index is 13.0. The van der Waals surface area contributed by atoms with Gasteiger partial charge in [-0.25, -0.2) is 9.37 Å². The molecule has 6 heteroatoms. The van der Waals surface area contributed by atoms with E-state index >= 15 is 0 Å². The zero-order valence-electron chi connectivity index (χ0n) is 15.1. The highest BCUT2D eigenvalue weighted by Gasteiger charge is 2.13. The molecule has 1 heterocycles.